The SMILES string of the molecule is C=C1c2[nH]c(Cl)nc2N(CCCC(F)(F)F)C(=O)N1CCCC(F)(F)F. The van der Waals surface area contributed by atoms with Crippen molar-refractivity contribution >= 4 is 29.1 Å². The number of urea groups is 1. The zero-order chi connectivity index (χ0) is 19.7. The molecule has 0 radical (unpaired) electrons. The second kappa shape index (κ2) is 7.37. The van der Waals surface area contributed by atoms with Crippen molar-refractivity contribution in [3.05, 3.63) is 17.6 Å². The number of halogens is 7. The van der Waals surface area contributed by atoms with E-state index in [0.717, 1.165) is 9.80 Å². The third kappa shape index (κ3) is 5.05. The highest BCUT2D eigenvalue weighted by atomic mass is 35.5. The van der Waals surface area contributed by atoms with Crippen molar-refractivity contribution in [1.29, 1.82) is 0 Å². The average molecular weight is 405 g/mol. The van der Waals surface area contributed by atoms with Gasteiger partial charge in [-0.2, -0.15) is 31.3 Å². The van der Waals surface area contributed by atoms with E-state index in [2.05, 4.69) is 16.5 Å². The number of nitrogens with zero attached hydrogens (tertiary/aromatic N) is 3. The molecule has 1 N–H and O–H groups in total. The van der Waals surface area contributed by atoms with Crippen LogP contribution in [0.2, 0.25) is 5.28 Å². The molecule has 12 heteroatoms. The van der Waals surface area contributed by atoms with E-state index in [1.54, 1.807) is 0 Å². The zero-order valence-electron chi connectivity index (χ0n) is 13.3. The molecule has 0 saturated heterocycles. The quantitative estimate of drug-likeness (QED) is 0.681. The van der Waals surface area contributed by atoms with Gasteiger partial charge in [-0.1, -0.05) is 6.58 Å². The summed E-state index contributed by atoms with van der Waals surface area (Å²) in [7, 11) is 0. The summed E-state index contributed by atoms with van der Waals surface area (Å²) < 4.78 is 74.0. The number of carbonyl (C=O) groups is 1. The monoisotopic (exact) mass is 404 g/mol. The second-order valence-corrected chi connectivity index (χ2v) is 6.05. The molecule has 0 saturated carbocycles. The number of hydrogen-bond donors (Lipinski definition) is 1. The number of carbonyl (C=O) groups excluding carboxylic acids is 1. The van der Waals surface area contributed by atoms with Crippen molar-refractivity contribution in [3.63, 3.8) is 0 Å². The fourth-order valence-electron chi connectivity index (χ4n) is 2.53. The minimum absolute atomic E-state index is 0.0132. The number of amides is 2. The maximum Gasteiger partial charge on any atom is 0.389 e. The summed E-state index contributed by atoms with van der Waals surface area (Å²) in [6.07, 6.45) is -11.7. The Kier molecular flexibility index (Phi) is 5.79. The standard InChI is InChI=1S/C14H15ClF6N4O/c1-8-9-10(23-11(15)22-9)25(7-3-5-14(19,20)21)12(26)24(8)6-2-4-13(16,17)18/h1-7H2,(H,22,23). The van der Waals surface area contributed by atoms with Gasteiger partial charge in [0, 0.05) is 25.9 Å². The number of nitrogens with one attached hydrogen (secondary N) is 1. The molecule has 1 aliphatic heterocycles. The largest absolute Gasteiger partial charge is 0.389 e. The molecule has 2 rings (SSSR count). The molecule has 0 bridgehead atoms. The number of alkyl halides is 6. The molecule has 0 aromatic carbocycles. The first-order chi connectivity index (χ1) is 11.9. The first-order valence-corrected chi connectivity index (χ1v) is 7.94. The van der Waals surface area contributed by atoms with Gasteiger partial charge in [-0.25, -0.2) is 4.79 Å². The molecular formula is C14H15ClF6N4O. The molecule has 0 unspecified atom stereocenters. The Bertz CT molecular complexity index is 684. The highest BCUT2D eigenvalue weighted by Crippen LogP contribution is 2.35. The summed E-state index contributed by atoms with van der Waals surface area (Å²) in [6, 6.07) is -0.782. The lowest BCUT2D eigenvalue weighted by Gasteiger charge is -2.35. The average Bonchev–Trinajstić information content (AvgIpc) is 2.86. The van der Waals surface area contributed by atoms with E-state index in [1.807, 2.05) is 0 Å². The van der Waals surface area contributed by atoms with Gasteiger partial charge in [0.15, 0.2) is 5.82 Å². The molecule has 26 heavy (non-hydrogen) atoms. The predicted molar refractivity (Wildman–Crippen MR) is 82.7 cm³/mol. The van der Waals surface area contributed by atoms with E-state index in [0.29, 0.717) is 0 Å². The van der Waals surface area contributed by atoms with Gasteiger partial charge in [-0.05, 0) is 24.4 Å². The Balaban J connectivity index is 2.17. The number of anilines is 1. The van der Waals surface area contributed by atoms with Crippen molar-refractivity contribution in [3.8, 4) is 0 Å². The van der Waals surface area contributed by atoms with E-state index in [4.69, 9.17) is 11.6 Å². The van der Waals surface area contributed by atoms with Crippen LogP contribution in [0.5, 0.6) is 0 Å². The minimum Gasteiger partial charge on any atom is -0.326 e. The highest BCUT2D eigenvalue weighted by Gasteiger charge is 2.37. The van der Waals surface area contributed by atoms with Gasteiger partial charge >= 0.3 is 18.4 Å². The Morgan fingerprint density at radius 2 is 1.50 bits per heavy atom. The minimum atomic E-state index is -4.39. The summed E-state index contributed by atoms with van der Waals surface area (Å²) in [4.78, 5) is 21.0. The molecule has 1 aromatic heterocycles. The van der Waals surface area contributed by atoms with Gasteiger partial charge in [-0.15, -0.1) is 0 Å². The van der Waals surface area contributed by atoms with Crippen molar-refractivity contribution in [2.45, 2.75) is 38.0 Å². The van der Waals surface area contributed by atoms with Crippen molar-refractivity contribution in [2.75, 3.05) is 18.0 Å². The van der Waals surface area contributed by atoms with Gasteiger partial charge in [0.1, 0.15) is 5.69 Å². The molecule has 146 valence electrons. The maximum absolute atomic E-state index is 12.6. The molecule has 2 amide bonds. The number of hydrogen-bond acceptors (Lipinski definition) is 2. The van der Waals surface area contributed by atoms with Gasteiger partial charge in [0.25, 0.3) is 0 Å². The van der Waals surface area contributed by atoms with Gasteiger partial charge in [-0.3, -0.25) is 9.80 Å². The van der Waals surface area contributed by atoms with Gasteiger partial charge < -0.3 is 4.98 Å². The summed E-state index contributed by atoms with van der Waals surface area (Å²) >= 11 is 5.75. The molecule has 0 spiro atoms. The number of aromatic amines is 1. The molecule has 0 atom stereocenters. The van der Waals surface area contributed by atoms with E-state index in [9.17, 15) is 31.1 Å². The van der Waals surface area contributed by atoms with Crippen LogP contribution in [0.15, 0.2) is 6.58 Å². The third-order valence-electron chi connectivity index (χ3n) is 3.67. The summed E-state index contributed by atoms with van der Waals surface area (Å²) in [6.45, 7) is 3.06. The number of aromatic nitrogens is 2. The van der Waals surface area contributed by atoms with Crippen LogP contribution in [0.1, 0.15) is 31.4 Å². The Morgan fingerprint density at radius 3 is 2.00 bits per heavy atom. The van der Waals surface area contributed by atoms with Crippen LogP contribution in [0, 0.1) is 0 Å². The zero-order valence-corrected chi connectivity index (χ0v) is 14.1. The second-order valence-electron chi connectivity index (χ2n) is 5.70. The number of fused-ring (bicyclic) bond motifs is 1. The van der Waals surface area contributed by atoms with Crippen LogP contribution in [0.3, 0.4) is 0 Å². The molecule has 0 aliphatic carbocycles. The van der Waals surface area contributed by atoms with E-state index in [-0.39, 0.29) is 48.4 Å². The van der Waals surface area contributed by atoms with Crippen molar-refractivity contribution in [1.82, 2.24) is 14.9 Å². The lowest BCUT2D eigenvalue weighted by atomic mass is 10.2. The maximum atomic E-state index is 12.6. The van der Waals surface area contributed by atoms with Crippen LogP contribution >= 0.6 is 11.6 Å². The Morgan fingerprint density at radius 1 is 1.00 bits per heavy atom. The molecule has 5 nitrogen and oxygen atoms in total. The van der Waals surface area contributed by atoms with E-state index < -0.39 is 31.2 Å². The summed E-state index contributed by atoms with van der Waals surface area (Å²) in [5, 5.41) is -0.109. The third-order valence-corrected chi connectivity index (χ3v) is 3.85. The predicted octanol–water partition coefficient (Wildman–Crippen LogP) is 4.96. The molecule has 1 aromatic rings. The summed E-state index contributed by atoms with van der Waals surface area (Å²) in [5.74, 6) is 0.0132. The van der Waals surface area contributed by atoms with E-state index in [1.165, 1.54) is 0 Å². The van der Waals surface area contributed by atoms with Crippen molar-refractivity contribution in [2.24, 2.45) is 0 Å². The van der Waals surface area contributed by atoms with Crippen molar-refractivity contribution < 1.29 is 31.1 Å². The fourth-order valence-corrected chi connectivity index (χ4v) is 2.70. The molecule has 2 heterocycles. The Labute approximate surface area is 149 Å². The van der Waals surface area contributed by atoms with Crippen LogP contribution in [-0.4, -0.2) is 46.3 Å². The molecular weight excluding hydrogens is 390 g/mol. The normalized spacial score (nSPS) is 15.7. The summed E-state index contributed by atoms with van der Waals surface area (Å²) in [5.41, 5.74) is 0.257. The first kappa shape index (κ1) is 20.4. The van der Waals surface area contributed by atoms with Gasteiger partial charge in [0.05, 0.1) is 5.70 Å². The van der Waals surface area contributed by atoms with Crippen LogP contribution in [-0.2, 0) is 0 Å². The first-order valence-electron chi connectivity index (χ1n) is 7.56. The molecule has 1 aliphatic rings. The van der Waals surface area contributed by atoms with E-state index >= 15 is 0 Å². The van der Waals surface area contributed by atoms with Crippen LogP contribution in [0.25, 0.3) is 5.70 Å². The highest BCUT2D eigenvalue weighted by molar-refractivity contribution is 6.28. The number of rotatable bonds is 6. The molecule has 0 fully saturated rings. The van der Waals surface area contributed by atoms with Crippen LogP contribution < -0.4 is 4.90 Å². The number of H-pyrrole nitrogens is 1. The van der Waals surface area contributed by atoms with Crippen LogP contribution in [0.4, 0.5) is 37.0 Å². The fraction of sp³-hybridized carbons (Fsp3) is 0.571. The Hall–Kier alpha value is -1.91. The number of imidazole rings is 1. The topological polar surface area (TPSA) is 52.2 Å². The lowest BCUT2D eigenvalue weighted by Crippen LogP contribution is -2.47. The lowest BCUT2D eigenvalue weighted by molar-refractivity contribution is -0.136. The smallest absolute Gasteiger partial charge is 0.326 e. The van der Waals surface area contributed by atoms with Gasteiger partial charge in [0.2, 0.25) is 5.28 Å².